The van der Waals surface area contributed by atoms with Gasteiger partial charge in [0.1, 0.15) is 21.7 Å². The number of thiophene rings is 1. The van der Waals surface area contributed by atoms with Gasteiger partial charge in [-0.2, -0.15) is 5.10 Å². The summed E-state index contributed by atoms with van der Waals surface area (Å²) in [5.74, 6) is 0.139. The number of fused-ring (bicyclic) bond motifs is 3. The number of esters is 1. The number of aryl methyl sites for hydroxylation is 2. The maximum Gasteiger partial charge on any atom is 0.348 e. The average molecular weight is 328 g/mol. The molecule has 0 unspecified atom stereocenters. The summed E-state index contributed by atoms with van der Waals surface area (Å²) in [6.45, 7) is 3.78. The zero-order valence-corrected chi connectivity index (χ0v) is 13.4. The Balaban J connectivity index is 1.99. The Morgan fingerprint density at radius 2 is 2.22 bits per heavy atom. The Bertz CT molecular complexity index is 1060. The van der Waals surface area contributed by atoms with Gasteiger partial charge in [0.2, 0.25) is 5.82 Å². The van der Waals surface area contributed by atoms with Gasteiger partial charge in [-0.3, -0.25) is 5.10 Å². The van der Waals surface area contributed by atoms with E-state index in [1.165, 1.54) is 18.4 Å². The van der Waals surface area contributed by atoms with Crippen LogP contribution in [0.4, 0.5) is 0 Å². The molecule has 0 aliphatic carbocycles. The molecular formula is C14H12N6O2S. The lowest BCUT2D eigenvalue weighted by Gasteiger charge is -1.96. The van der Waals surface area contributed by atoms with E-state index in [1.54, 1.807) is 10.8 Å². The smallest absolute Gasteiger partial charge is 0.348 e. The molecular weight excluding hydrogens is 316 g/mol. The fraction of sp³-hybridized carbons (Fsp3) is 0.214. The Morgan fingerprint density at radius 1 is 1.39 bits per heavy atom. The van der Waals surface area contributed by atoms with Crippen LogP contribution in [-0.4, -0.2) is 42.9 Å². The third-order valence-electron chi connectivity index (χ3n) is 3.57. The number of aromatic amines is 1. The number of ether oxygens (including phenoxy) is 1. The zero-order valence-electron chi connectivity index (χ0n) is 12.6. The van der Waals surface area contributed by atoms with E-state index in [9.17, 15) is 4.79 Å². The van der Waals surface area contributed by atoms with Gasteiger partial charge >= 0.3 is 5.97 Å². The lowest BCUT2D eigenvalue weighted by atomic mass is 10.2. The van der Waals surface area contributed by atoms with Gasteiger partial charge < -0.3 is 4.74 Å². The number of aromatic nitrogens is 6. The van der Waals surface area contributed by atoms with Crippen LogP contribution in [0.3, 0.4) is 0 Å². The van der Waals surface area contributed by atoms with Gasteiger partial charge in [-0.05, 0) is 25.5 Å². The molecule has 1 N–H and O–H groups in total. The standard InChI is InChI=1S/C14H12N6O2S/c1-6-4-8(18-17-6)11-16-12-9-7(2)10(14(21)22-3)23-13(9)15-5-20(12)19-11/h4-5H,1-3H3,(H,17,18). The predicted molar refractivity (Wildman–Crippen MR) is 84.6 cm³/mol. The molecule has 8 nitrogen and oxygen atoms in total. The molecule has 4 rings (SSSR count). The van der Waals surface area contributed by atoms with E-state index in [1.807, 2.05) is 19.9 Å². The fourth-order valence-electron chi connectivity index (χ4n) is 2.46. The Kier molecular flexibility index (Phi) is 2.91. The minimum Gasteiger partial charge on any atom is -0.465 e. The van der Waals surface area contributed by atoms with Crippen LogP contribution in [0.5, 0.6) is 0 Å². The summed E-state index contributed by atoms with van der Waals surface area (Å²) in [7, 11) is 1.37. The van der Waals surface area contributed by atoms with Crippen molar-refractivity contribution in [3.8, 4) is 11.5 Å². The summed E-state index contributed by atoms with van der Waals surface area (Å²) in [5.41, 5.74) is 3.05. The van der Waals surface area contributed by atoms with Gasteiger partial charge in [0.25, 0.3) is 0 Å². The van der Waals surface area contributed by atoms with E-state index in [0.29, 0.717) is 22.0 Å². The molecule has 116 valence electrons. The molecule has 0 saturated heterocycles. The Morgan fingerprint density at radius 3 is 2.91 bits per heavy atom. The molecule has 4 heterocycles. The highest BCUT2D eigenvalue weighted by molar-refractivity contribution is 7.20. The summed E-state index contributed by atoms with van der Waals surface area (Å²) in [4.78, 5) is 22.1. The molecule has 23 heavy (non-hydrogen) atoms. The molecule has 9 heteroatoms. The maximum absolute atomic E-state index is 11.9. The minimum absolute atomic E-state index is 0.369. The van der Waals surface area contributed by atoms with Gasteiger partial charge in [-0.25, -0.2) is 19.3 Å². The first kappa shape index (κ1) is 13.8. The number of nitrogens with one attached hydrogen (secondary N) is 1. The maximum atomic E-state index is 11.9. The molecule has 0 saturated carbocycles. The molecule has 0 aliphatic rings. The van der Waals surface area contributed by atoms with Crippen LogP contribution in [0.2, 0.25) is 0 Å². The third-order valence-corrected chi connectivity index (χ3v) is 4.75. The van der Waals surface area contributed by atoms with Crippen molar-refractivity contribution in [1.29, 1.82) is 0 Å². The SMILES string of the molecule is COC(=O)c1sc2ncn3nc(-c4cc(C)[nH]n4)nc3c2c1C. The van der Waals surface area contributed by atoms with Crippen molar-refractivity contribution in [2.24, 2.45) is 0 Å². The summed E-state index contributed by atoms with van der Waals surface area (Å²) in [6, 6.07) is 1.87. The first-order valence-electron chi connectivity index (χ1n) is 6.83. The normalized spacial score (nSPS) is 11.4. The molecule has 0 aromatic carbocycles. The Hall–Kier alpha value is -2.81. The molecule has 0 fully saturated rings. The second-order valence-electron chi connectivity index (χ2n) is 5.11. The van der Waals surface area contributed by atoms with E-state index in [-0.39, 0.29) is 5.97 Å². The van der Waals surface area contributed by atoms with Gasteiger partial charge in [-0.15, -0.1) is 16.4 Å². The summed E-state index contributed by atoms with van der Waals surface area (Å²) in [6.07, 6.45) is 1.59. The minimum atomic E-state index is -0.369. The average Bonchev–Trinajstić information content (AvgIpc) is 3.22. The lowest BCUT2D eigenvalue weighted by molar-refractivity contribution is 0.0605. The quantitative estimate of drug-likeness (QED) is 0.566. The summed E-state index contributed by atoms with van der Waals surface area (Å²) in [5, 5.41) is 12.3. The Labute approximate surface area is 134 Å². The second kappa shape index (κ2) is 4.85. The third kappa shape index (κ3) is 2.00. The molecule has 4 aromatic heterocycles. The summed E-state index contributed by atoms with van der Waals surface area (Å²) < 4.78 is 6.42. The van der Waals surface area contributed by atoms with Crippen molar-refractivity contribution in [3.63, 3.8) is 0 Å². The summed E-state index contributed by atoms with van der Waals surface area (Å²) >= 11 is 1.29. The predicted octanol–water partition coefficient (Wildman–Crippen LogP) is 2.13. The monoisotopic (exact) mass is 328 g/mol. The van der Waals surface area contributed by atoms with E-state index >= 15 is 0 Å². The first-order chi connectivity index (χ1) is 11.1. The molecule has 0 aliphatic heterocycles. The van der Waals surface area contributed by atoms with Gasteiger partial charge in [0.05, 0.1) is 12.5 Å². The second-order valence-corrected chi connectivity index (χ2v) is 6.11. The molecule has 0 bridgehead atoms. The zero-order chi connectivity index (χ0) is 16.1. The van der Waals surface area contributed by atoms with Crippen LogP contribution in [0.25, 0.3) is 27.4 Å². The molecule has 4 aromatic rings. The van der Waals surface area contributed by atoms with Crippen molar-refractivity contribution in [2.45, 2.75) is 13.8 Å². The van der Waals surface area contributed by atoms with Gasteiger partial charge in [0, 0.05) is 5.69 Å². The number of hydrogen-bond donors (Lipinski definition) is 1. The van der Waals surface area contributed by atoms with Gasteiger partial charge in [-0.1, -0.05) is 0 Å². The fourth-order valence-corrected chi connectivity index (χ4v) is 3.52. The van der Waals surface area contributed by atoms with Crippen molar-refractivity contribution in [2.75, 3.05) is 7.11 Å². The van der Waals surface area contributed by atoms with Crippen molar-refractivity contribution in [3.05, 3.63) is 28.5 Å². The highest BCUT2D eigenvalue weighted by atomic mass is 32.1. The number of carbonyl (C=O) groups excluding carboxylic acids is 1. The molecule has 0 radical (unpaired) electrons. The van der Waals surface area contributed by atoms with Crippen LogP contribution in [0.15, 0.2) is 12.4 Å². The number of nitrogens with zero attached hydrogens (tertiary/aromatic N) is 5. The van der Waals surface area contributed by atoms with E-state index < -0.39 is 0 Å². The largest absolute Gasteiger partial charge is 0.465 e. The van der Waals surface area contributed by atoms with Crippen LogP contribution in [0.1, 0.15) is 20.9 Å². The van der Waals surface area contributed by atoms with E-state index in [2.05, 4.69) is 25.3 Å². The van der Waals surface area contributed by atoms with Crippen molar-refractivity contribution >= 4 is 33.2 Å². The molecule has 0 amide bonds. The van der Waals surface area contributed by atoms with Crippen molar-refractivity contribution in [1.82, 2.24) is 29.8 Å². The van der Waals surface area contributed by atoms with E-state index in [4.69, 9.17) is 4.74 Å². The highest BCUT2D eigenvalue weighted by Crippen LogP contribution is 2.32. The van der Waals surface area contributed by atoms with Crippen LogP contribution < -0.4 is 0 Å². The number of H-pyrrole nitrogens is 1. The molecule has 0 spiro atoms. The van der Waals surface area contributed by atoms with Gasteiger partial charge in [0.15, 0.2) is 5.65 Å². The first-order valence-corrected chi connectivity index (χ1v) is 7.65. The van der Waals surface area contributed by atoms with Crippen molar-refractivity contribution < 1.29 is 9.53 Å². The van der Waals surface area contributed by atoms with Crippen LogP contribution >= 0.6 is 11.3 Å². The van der Waals surface area contributed by atoms with Crippen LogP contribution in [-0.2, 0) is 4.74 Å². The number of methoxy groups -OCH3 is 1. The number of carbonyl (C=O) groups is 1. The number of hydrogen-bond acceptors (Lipinski definition) is 7. The number of rotatable bonds is 2. The van der Waals surface area contributed by atoms with Crippen LogP contribution in [0, 0.1) is 13.8 Å². The highest BCUT2D eigenvalue weighted by Gasteiger charge is 2.21. The lowest BCUT2D eigenvalue weighted by Crippen LogP contribution is -1.99. The topological polar surface area (TPSA) is 98.1 Å². The molecule has 0 atom stereocenters. The van der Waals surface area contributed by atoms with E-state index in [0.717, 1.165) is 21.5 Å².